The highest BCUT2D eigenvalue weighted by Gasteiger charge is 2.46. The van der Waals surface area contributed by atoms with Crippen LogP contribution in [0.4, 0.5) is 105 Å². The van der Waals surface area contributed by atoms with Crippen LogP contribution in [0.15, 0.2) is 140 Å². The fourth-order valence-corrected chi connectivity index (χ4v) is 13.5. The van der Waals surface area contributed by atoms with Crippen LogP contribution in [0, 0.1) is 12.8 Å². The second kappa shape index (κ2) is 22.8. The van der Waals surface area contributed by atoms with Gasteiger partial charge in [0.05, 0.1) is 72.8 Å². The Bertz CT molecular complexity index is 5420. The number of hydrogen-bond donors (Lipinski definition) is 0. The molecule has 528 valence electrons. The van der Waals surface area contributed by atoms with E-state index in [2.05, 4.69) is 26.5 Å². The quantitative estimate of drug-likeness (QED) is 0.148. The van der Waals surface area contributed by atoms with Crippen LogP contribution < -0.4 is 0 Å². The number of carbonyl (C=O) groups is 2. The molecule has 8 nitrogen and oxygen atoms in total. The van der Waals surface area contributed by atoms with Gasteiger partial charge in [-0.15, -0.1) is 0 Å². The normalized spacial score (nSPS) is 15.3. The molecule has 3 aliphatic carbocycles. The number of carbonyl (C=O) groups excluding carboxylic acids is 2. The van der Waals surface area contributed by atoms with Crippen molar-refractivity contribution in [3.63, 3.8) is 0 Å². The third-order valence-electron chi connectivity index (χ3n) is 18.3. The lowest BCUT2D eigenvalue weighted by molar-refractivity contribution is -0.161. The number of hydrogen-bond acceptors (Lipinski definition) is 6. The average molecular weight is 1460 g/mol. The van der Waals surface area contributed by atoms with Crippen LogP contribution in [0.25, 0.3) is 78.2 Å². The molecule has 0 N–H and O–H groups in total. The molecule has 3 aliphatic rings. The fraction of sp³-hybridized carbons (Fsp3) is 0.183. The molecule has 0 saturated carbocycles. The molecular formula is C71H34F24N6O2. The highest BCUT2D eigenvalue weighted by atomic mass is 19.4. The van der Waals surface area contributed by atoms with Gasteiger partial charge in [-0.25, -0.2) is 19.9 Å². The summed E-state index contributed by atoms with van der Waals surface area (Å²) in [5, 5.41) is -1.03. The van der Waals surface area contributed by atoms with E-state index < -0.39 is 215 Å². The number of alkyl halides is 24. The van der Waals surface area contributed by atoms with Crippen LogP contribution in [0.5, 0.6) is 0 Å². The summed E-state index contributed by atoms with van der Waals surface area (Å²) >= 11 is 0. The topological polar surface area (TPSA) is 95.6 Å². The largest absolute Gasteiger partial charge is 0.416 e. The molecule has 4 heterocycles. The van der Waals surface area contributed by atoms with Gasteiger partial charge in [-0.1, -0.05) is 61.2 Å². The molecular weight excluding hydrogens is 1420 g/mol. The summed E-state index contributed by atoms with van der Waals surface area (Å²) in [4.78, 5) is 49.3. The van der Waals surface area contributed by atoms with Crippen LogP contribution in [0.3, 0.4) is 0 Å². The Morgan fingerprint density at radius 3 is 1.24 bits per heavy atom. The molecule has 0 amide bonds. The highest BCUT2D eigenvalue weighted by Crippen LogP contribution is 2.52. The molecule has 0 radical (unpaired) electrons. The van der Waals surface area contributed by atoms with E-state index in [4.69, 9.17) is 0 Å². The first-order valence-electron chi connectivity index (χ1n) is 29.9. The van der Waals surface area contributed by atoms with E-state index in [1.54, 1.807) is 0 Å². The first-order chi connectivity index (χ1) is 47.8. The van der Waals surface area contributed by atoms with Crippen molar-refractivity contribution in [1.82, 2.24) is 29.1 Å². The molecule has 11 aromatic rings. The summed E-state index contributed by atoms with van der Waals surface area (Å²) in [5.74, 6) is -10.1. The number of aryl methyl sites for hydroxylation is 1. The minimum atomic E-state index is -5.31. The minimum absolute atomic E-state index is 0.128. The third-order valence-corrected chi connectivity index (χ3v) is 18.3. The summed E-state index contributed by atoms with van der Waals surface area (Å²) in [7, 11) is 0. The molecule has 4 aromatic heterocycles. The number of allylic oxidation sites excluding steroid dienone is 1. The maximum Gasteiger partial charge on any atom is 0.416 e. The van der Waals surface area contributed by atoms with Crippen molar-refractivity contribution in [2.75, 3.05) is 0 Å². The Morgan fingerprint density at radius 2 is 0.796 bits per heavy atom. The van der Waals surface area contributed by atoms with Gasteiger partial charge in [0.2, 0.25) is 11.6 Å². The van der Waals surface area contributed by atoms with Gasteiger partial charge in [-0.3, -0.25) is 18.7 Å². The Hall–Kier alpha value is -10.8. The Kier molecular flexibility index (Phi) is 15.4. The van der Waals surface area contributed by atoms with Crippen molar-refractivity contribution in [2.24, 2.45) is 5.92 Å². The maximum atomic E-state index is 15.8. The highest BCUT2D eigenvalue weighted by molar-refractivity contribution is 6.26. The Labute approximate surface area is 559 Å². The summed E-state index contributed by atoms with van der Waals surface area (Å²) in [5.41, 5.74) is -23.7. The zero-order chi connectivity index (χ0) is 74.4. The molecule has 0 spiro atoms. The van der Waals surface area contributed by atoms with E-state index in [9.17, 15) is 105 Å². The van der Waals surface area contributed by atoms with Crippen LogP contribution in [0.2, 0.25) is 0 Å². The van der Waals surface area contributed by atoms with E-state index in [0.29, 0.717) is 100 Å². The Balaban J connectivity index is 1.09. The average Bonchev–Trinajstić information content (AvgIpc) is 1.65. The van der Waals surface area contributed by atoms with Gasteiger partial charge in [0.15, 0.2) is 11.6 Å². The first-order valence-corrected chi connectivity index (χ1v) is 29.9. The molecule has 1 atom stereocenters. The third kappa shape index (κ3) is 11.7. The first kappa shape index (κ1) is 69.3. The molecule has 32 heteroatoms. The van der Waals surface area contributed by atoms with Crippen molar-refractivity contribution in [3.8, 4) is 33.9 Å². The van der Waals surface area contributed by atoms with Crippen molar-refractivity contribution in [1.29, 1.82) is 0 Å². The van der Waals surface area contributed by atoms with E-state index in [1.165, 1.54) is 0 Å². The number of benzene rings is 7. The SMILES string of the molecule is C=C(c1cc(C(F)(F)F)ccc1-c1ccc(C(F)(F)F)cc1C)c1nc2c(nc1CC1c3cc(C(F)(F)F)ccc3-c3ccc(C(F)(F)F)cc31)C(=O)c1nc(-n3c4c(c5ccc(C(F)(F)F)cc53)C=CC(C(F)(F)F)C4)c(-n3c4cc(C(F)(F)F)ccc4c4ccc(C(F)(F)F)cc43)nc1C2=O. The van der Waals surface area contributed by atoms with E-state index in [1.807, 2.05) is 0 Å². The van der Waals surface area contributed by atoms with Crippen LogP contribution >= 0.6 is 0 Å². The van der Waals surface area contributed by atoms with Crippen LogP contribution in [-0.2, 0) is 56.1 Å². The van der Waals surface area contributed by atoms with E-state index >= 15 is 9.59 Å². The zero-order valence-electron chi connectivity index (χ0n) is 51.1. The lowest BCUT2D eigenvalue weighted by atomic mass is 9.85. The molecule has 7 aromatic carbocycles. The second-order valence-electron chi connectivity index (χ2n) is 24.5. The molecule has 1 unspecified atom stereocenters. The minimum Gasteiger partial charge on any atom is -0.294 e. The van der Waals surface area contributed by atoms with Crippen molar-refractivity contribution < 1.29 is 115 Å². The molecule has 0 saturated heterocycles. The van der Waals surface area contributed by atoms with Gasteiger partial charge >= 0.3 is 49.4 Å². The number of aromatic nitrogens is 6. The smallest absolute Gasteiger partial charge is 0.294 e. The number of rotatable bonds is 7. The van der Waals surface area contributed by atoms with Gasteiger partial charge in [0.1, 0.15) is 22.8 Å². The summed E-state index contributed by atoms with van der Waals surface area (Å²) in [6.45, 7) is 5.08. The number of ketones is 2. The second-order valence-corrected chi connectivity index (χ2v) is 24.5. The monoisotopic (exact) mass is 1460 g/mol. The molecule has 0 fully saturated rings. The standard InChI is InChI=1S/C71H34F24N6O2/c1-28-19-30(64(72,73)74)3-11-38(28)39-12-4-31(65(75,76)77)20-46(39)29(2)55-50(27-49-47-21-32(66(78,79)80)5-13-40(47)41-14-6-33(22-48(41)49)67(81,82)83)96-56-57(97-55)61(103)59-58(60(56)102)98-62(100-51-23-34(68(84,85)86)7-15-42(51)43-16-8-35(24-52(43)100)69(87,88)89)63(99-59)101-53-25-36(70(90,91)92)9-17-44(53)45-18-10-37(26-54(45)101)71(93,94)95/h3-23,25-26,35,49H,2,24,27H2,1H3. The Morgan fingerprint density at radius 1 is 0.427 bits per heavy atom. The predicted molar refractivity (Wildman–Crippen MR) is 322 cm³/mol. The number of fused-ring (bicyclic) bond motifs is 11. The van der Waals surface area contributed by atoms with Gasteiger partial charge in [-0.05, 0) is 136 Å². The molecule has 0 aliphatic heterocycles. The maximum absolute atomic E-state index is 15.8. The summed E-state index contributed by atoms with van der Waals surface area (Å²) in [6.07, 6.45) is -42.6. The van der Waals surface area contributed by atoms with Crippen molar-refractivity contribution in [2.45, 2.75) is 75.1 Å². The number of nitrogens with zero attached hydrogens (tertiary/aromatic N) is 6. The predicted octanol–water partition coefficient (Wildman–Crippen LogP) is 21.4. The molecule has 14 rings (SSSR count). The van der Waals surface area contributed by atoms with Gasteiger partial charge < -0.3 is 0 Å². The molecule has 0 bridgehead atoms. The van der Waals surface area contributed by atoms with Gasteiger partial charge in [0.25, 0.3) is 0 Å². The zero-order valence-corrected chi connectivity index (χ0v) is 51.1. The van der Waals surface area contributed by atoms with Crippen molar-refractivity contribution >= 4 is 55.9 Å². The summed E-state index contributed by atoms with van der Waals surface area (Å²) < 4.78 is 356. The van der Waals surface area contributed by atoms with Crippen molar-refractivity contribution in [3.05, 3.63) is 247 Å². The molecule has 103 heavy (non-hydrogen) atoms. The number of halogens is 24. The van der Waals surface area contributed by atoms with Gasteiger partial charge in [0, 0.05) is 51.7 Å². The van der Waals surface area contributed by atoms with Gasteiger partial charge in [-0.2, -0.15) is 105 Å². The van der Waals surface area contributed by atoms with E-state index in [0.717, 1.165) is 55.5 Å². The van der Waals surface area contributed by atoms with Crippen LogP contribution in [-0.4, -0.2) is 46.8 Å². The lowest BCUT2D eigenvalue weighted by Gasteiger charge is -2.25. The lowest BCUT2D eigenvalue weighted by Crippen LogP contribution is -2.30. The fourth-order valence-electron chi connectivity index (χ4n) is 13.5. The van der Waals surface area contributed by atoms with E-state index in [-0.39, 0.29) is 49.5 Å². The van der Waals surface area contributed by atoms with Crippen LogP contribution in [0.1, 0.15) is 122 Å². The summed E-state index contributed by atoms with van der Waals surface area (Å²) in [6, 6.07) is 12.7.